The standard InChI is InChI=1S/C21H24N4O/c1-16(2)25-15-18(17-7-3-4-8-19(17)25)21(26)24-13-11-23(12-14-24)20-9-5-6-10-22-20/h3-10,15-16H,11-14H2,1-2H3. The molecule has 0 unspecified atom stereocenters. The molecule has 134 valence electrons. The number of fused-ring (bicyclic) bond motifs is 1. The van der Waals surface area contributed by atoms with Gasteiger partial charge in [0, 0.05) is 55.5 Å². The molecule has 1 aliphatic heterocycles. The van der Waals surface area contributed by atoms with Crippen molar-refractivity contribution in [1.82, 2.24) is 14.5 Å². The molecule has 1 aromatic carbocycles. The number of carbonyl (C=O) groups excluding carboxylic acids is 1. The van der Waals surface area contributed by atoms with Crippen LogP contribution in [0.3, 0.4) is 0 Å². The molecule has 0 atom stereocenters. The van der Waals surface area contributed by atoms with Crippen LogP contribution in [0.1, 0.15) is 30.2 Å². The summed E-state index contributed by atoms with van der Waals surface area (Å²) in [4.78, 5) is 21.8. The van der Waals surface area contributed by atoms with Crippen LogP contribution in [0.5, 0.6) is 0 Å². The Balaban J connectivity index is 1.55. The first-order valence-electron chi connectivity index (χ1n) is 9.20. The minimum Gasteiger partial charge on any atom is -0.353 e. The van der Waals surface area contributed by atoms with Crippen LogP contribution in [0.25, 0.3) is 10.9 Å². The minimum atomic E-state index is 0.126. The molecular weight excluding hydrogens is 324 g/mol. The van der Waals surface area contributed by atoms with E-state index in [-0.39, 0.29) is 5.91 Å². The Bertz CT molecular complexity index is 908. The lowest BCUT2D eigenvalue weighted by Gasteiger charge is -2.35. The number of para-hydroxylation sites is 1. The maximum atomic E-state index is 13.2. The number of rotatable bonds is 3. The highest BCUT2D eigenvalue weighted by Gasteiger charge is 2.25. The average molecular weight is 348 g/mol. The highest BCUT2D eigenvalue weighted by Crippen LogP contribution is 2.26. The summed E-state index contributed by atoms with van der Waals surface area (Å²) in [6.07, 6.45) is 3.83. The molecule has 0 saturated carbocycles. The van der Waals surface area contributed by atoms with Crippen molar-refractivity contribution < 1.29 is 4.79 Å². The topological polar surface area (TPSA) is 41.4 Å². The van der Waals surface area contributed by atoms with Crippen molar-refractivity contribution in [2.75, 3.05) is 31.1 Å². The molecule has 3 heterocycles. The summed E-state index contributed by atoms with van der Waals surface area (Å²) < 4.78 is 2.19. The second kappa shape index (κ2) is 6.83. The van der Waals surface area contributed by atoms with E-state index in [1.807, 2.05) is 53.7 Å². The molecule has 2 aromatic heterocycles. The van der Waals surface area contributed by atoms with Gasteiger partial charge in [-0.05, 0) is 32.0 Å². The predicted molar refractivity (Wildman–Crippen MR) is 105 cm³/mol. The molecule has 0 aliphatic carbocycles. The zero-order valence-electron chi connectivity index (χ0n) is 15.3. The van der Waals surface area contributed by atoms with Gasteiger partial charge in [-0.3, -0.25) is 4.79 Å². The monoisotopic (exact) mass is 348 g/mol. The second-order valence-corrected chi connectivity index (χ2v) is 7.03. The number of carbonyl (C=O) groups is 1. The Hall–Kier alpha value is -2.82. The van der Waals surface area contributed by atoms with Gasteiger partial charge in [-0.15, -0.1) is 0 Å². The lowest BCUT2D eigenvalue weighted by molar-refractivity contribution is 0.0748. The van der Waals surface area contributed by atoms with E-state index < -0.39 is 0 Å². The van der Waals surface area contributed by atoms with E-state index in [9.17, 15) is 4.79 Å². The van der Waals surface area contributed by atoms with Gasteiger partial charge < -0.3 is 14.4 Å². The smallest absolute Gasteiger partial charge is 0.256 e. The molecule has 0 radical (unpaired) electrons. The van der Waals surface area contributed by atoms with E-state index >= 15 is 0 Å². The summed E-state index contributed by atoms with van der Waals surface area (Å²) >= 11 is 0. The van der Waals surface area contributed by atoms with Gasteiger partial charge in [-0.25, -0.2) is 4.98 Å². The normalized spacial score (nSPS) is 15.0. The molecule has 26 heavy (non-hydrogen) atoms. The van der Waals surface area contributed by atoms with Gasteiger partial charge >= 0.3 is 0 Å². The zero-order chi connectivity index (χ0) is 18.1. The Morgan fingerprint density at radius 2 is 1.73 bits per heavy atom. The van der Waals surface area contributed by atoms with Gasteiger partial charge in [0.15, 0.2) is 0 Å². The van der Waals surface area contributed by atoms with Crippen LogP contribution in [0, 0.1) is 0 Å². The Morgan fingerprint density at radius 3 is 2.42 bits per heavy atom. The van der Waals surface area contributed by atoms with E-state index in [1.165, 1.54) is 0 Å². The highest BCUT2D eigenvalue weighted by molar-refractivity contribution is 6.07. The second-order valence-electron chi connectivity index (χ2n) is 7.03. The molecule has 0 spiro atoms. The number of piperazine rings is 1. The van der Waals surface area contributed by atoms with Crippen molar-refractivity contribution in [3.63, 3.8) is 0 Å². The van der Waals surface area contributed by atoms with Crippen LogP contribution < -0.4 is 4.90 Å². The van der Waals surface area contributed by atoms with Crippen molar-refractivity contribution in [1.29, 1.82) is 0 Å². The van der Waals surface area contributed by atoms with Gasteiger partial charge in [-0.2, -0.15) is 0 Å². The van der Waals surface area contributed by atoms with Crippen LogP contribution in [-0.4, -0.2) is 46.5 Å². The number of hydrogen-bond acceptors (Lipinski definition) is 3. The average Bonchev–Trinajstić information content (AvgIpc) is 3.08. The van der Waals surface area contributed by atoms with Crippen molar-refractivity contribution in [3.8, 4) is 0 Å². The Morgan fingerprint density at radius 1 is 1.00 bits per heavy atom. The van der Waals surface area contributed by atoms with Crippen molar-refractivity contribution >= 4 is 22.6 Å². The molecular formula is C21H24N4O. The number of benzene rings is 1. The number of pyridine rings is 1. The van der Waals surface area contributed by atoms with Crippen LogP contribution >= 0.6 is 0 Å². The Labute approximate surface area is 153 Å². The molecule has 5 nitrogen and oxygen atoms in total. The minimum absolute atomic E-state index is 0.126. The van der Waals surface area contributed by atoms with Crippen molar-refractivity contribution in [2.24, 2.45) is 0 Å². The van der Waals surface area contributed by atoms with Crippen LogP contribution in [0.2, 0.25) is 0 Å². The third-order valence-electron chi connectivity index (χ3n) is 5.07. The molecule has 1 saturated heterocycles. The summed E-state index contributed by atoms with van der Waals surface area (Å²) in [5, 5.41) is 1.04. The summed E-state index contributed by atoms with van der Waals surface area (Å²) in [5.74, 6) is 1.11. The molecule has 1 fully saturated rings. The first kappa shape index (κ1) is 16.6. The van der Waals surface area contributed by atoms with E-state index in [2.05, 4.69) is 34.4 Å². The molecule has 0 N–H and O–H groups in total. The van der Waals surface area contributed by atoms with Crippen LogP contribution in [-0.2, 0) is 0 Å². The molecule has 4 rings (SSSR count). The predicted octanol–water partition coefficient (Wildman–Crippen LogP) is 3.58. The summed E-state index contributed by atoms with van der Waals surface area (Å²) in [6.45, 7) is 7.35. The van der Waals surface area contributed by atoms with Crippen LogP contribution in [0.15, 0.2) is 54.9 Å². The number of anilines is 1. The van der Waals surface area contributed by atoms with E-state index in [4.69, 9.17) is 0 Å². The quantitative estimate of drug-likeness (QED) is 0.726. The molecule has 1 amide bonds. The fourth-order valence-corrected chi connectivity index (χ4v) is 3.65. The number of hydrogen-bond donors (Lipinski definition) is 0. The molecule has 3 aromatic rings. The SMILES string of the molecule is CC(C)n1cc(C(=O)N2CCN(c3ccccn3)CC2)c2ccccc21. The number of nitrogens with zero attached hydrogens (tertiary/aromatic N) is 4. The number of aromatic nitrogens is 2. The summed E-state index contributed by atoms with van der Waals surface area (Å²) in [7, 11) is 0. The van der Waals surface area contributed by atoms with E-state index in [0.29, 0.717) is 6.04 Å². The first-order chi connectivity index (χ1) is 12.6. The van der Waals surface area contributed by atoms with Gasteiger partial charge in [-0.1, -0.05) is 24.3 Å². The van der Waals surface area contributed by atoms with Gasteiger partial charge in [0.2, 0.25) is 0 Å². The molecule has 5 heteroatoms. The fourth-order valence-electron chi connectivity index (χ4n) is 3.65. The first-order valence-corrected chi connectivity index (χ1v) is 9.20. The van der Waals surface area contributed by atoms with Gasteiger partial charge in [0.1, 0.15) is 5.82 Å². The lowest BCUT2D eigenvalue weighted by Crippen LogP contribution is -2.49. The van der Waals surface area contributed by atoms with Gasteiger partial charge in [0.05, 0.1) is 5.56 Å². The highest BCUT2D eigenvalue weighted by atomic mass is 16.2. The fraction of sp³-hybridized carbons (Fsp3) is 0.333. The zero-order valence-corrected chi connectivity index (χ0v) is 15.3. The Kier molecular flexibility index (Phi) is 4.37. The third-order valence-corrected chi connectivity index (χ3v) is 5.07. The van der Waals surface area contributed by atoms with E-state index in [0.717, 1.165) is 48.5 Å². The maximum absolute atomic E-state index is 13.2. The molecule has 1 aliphatic rings. The largest absolute Gasteiger partial charge is 0.353 e. The summed E-state index contributed by atoms with van der Waals surface area (Å²) in [5.41, 5.74) is 1.93. The van der Waals surface area contributed by atoms with Crippen molar-refractivity contribution in [2.45, 2.75) is 19.9 Å². The van der Waals surface area contributed by atoms with Gasteiger partial charge in [0.25, 0.3) is 5.91 Å². The molecule has 0 bridgehead atoms. The third kappa shape index (κ3) is 2.94. The lowest BCUT2D eigenvalue weighted by atomic mass is 10.1. The number of amides is 1. The summed E-state index contributed by atoms with van der Waals surface area (Å²) in [6, 6.07) is 14.4. The maximum Gasteiger partial charge on any atom is 0.256 e. The van der Waals surface area contributed by atoms with E-state index in [1.54, 1.807) is 0 Å². The van der Waals surface area contributed by atoms with Crippen LogP contribution in [0.4, 0.5) is 5.82 Å². The van der Waals surface area contributed by atoms with Crippen molar-refractivity contribution in [3.05, 3.63) is 60.4 Å².